The standard InChI is InChI=1S/C7H14N4O2S2/c1-5(2)9-15(12,13)10-6(3)7-4-14-11-8-7/h4-6,9-10H,1-3H3. The molecule has 1 aromatic heterocycles. The minimum Gasteiger partial charge on any atom is -0.200 e. The summed E-state index contributed by atoms with van der Waals surface area (Å²) in [6, 6.07) is -0.511. The van der Waals surface area contributed by atoms with Gasteiger partial charge in [-0.05, 0) is 32.3 Å². The molecular formula is C7H14N4O2S2. The SMILES string of the molecule is CC(C)NS(=O)(=O)NC(C)c1csnn1. The van der Waals surface area contributed by atoms with Crippen LogP contribution in [0.25, 0.3) is 0 Å². The first-order valence-electron chi connectivity index (χ1n) is 4.47. The quantitative estimate of drug-likeness (QED) is 0.794. The Hall–Kier alpha value is -0.570. The van der Waals surface area contributed by atoms with Crippen LogP contribution in [0.3, 0.4) is 0 Å². The van der Waals surface area contributed by atoms with E-state index in [4.69, 9.17) is 0 Å². The van der Waals surface area contributed by atoms with Gasteiger partial charge in [-0.3, -0.25) is 0 Å². The maximum absolute atomic E-state index is 11.5. The average molecular weight is 250 g/mol. The molecule has 1 rings (SSSR count). The Labute approximate surface area is 93.4 Å². The van der Waals surface area contributed by atoms with Gasteiger partial charge in [0, 0.05) is 11.4 Å². The molecule has 8 heteroatoms. The molecule has 15 heavy (non-hydrogen) atoms. The van der Waals surface area contributed by atoms with Crippen LogP contribution in [-0.4, -0.2) is 24.0 Å². The summed E-state index contributed by atoms with van der Waals surface area (Å²) in [6.07, 6.45) is 0. The third-order valence-electron chi connectivity index (χ3n) is 1.54. The van der Waals surface area contributed by atoms with Gasteiger partial charge in [0.05, 0.1) is 11.7 Å². The molecule has 1 heterocycles. The Morgan fingerprint density at radius 3 is 2.47 bits per heavy atom. The Balaban J connectivity index is 2.62. The van der Waals surface area contributed by atoms with Gasteiger partial charge in [-0.1, -0.05) is 4.49 Å². The minimum atomic E-state index is -3.47. The minimum absolute atomic E-state index is 0.136. The van der Waals surface area contributed by atoms with E-state index < -0.39 is 10.2 Å². The van der Waals surface area contributed by atoms with Crippen molar-refractivity contribution in [1.82, 2.24) is 19.0 Å². The topological polar surface area (TPSA) is 84.0 Å². The van der Waals surface area contributed by atoms with Gasteiger partial charge in [-0.25, -0.2) is 0 Å². The summed E-state index contributed by atoms with van der Waals surface area (Å²) >= 11 is 1.19. The van der Waals surface area contributed by atoms with Gasteiger partial charge in [0.25, 0.3) is 10.2 Å². The van der Waals surface area contributed by atoms with E-state index in [-0.39, 0.29) is 12.1 Å². The molecule has 0 saturated carbocycles. The normalized spacial score (nSPS) is 14.4. The molecule has 0 amide bonds. The van der Waals surface area contributed by atoms with E-state index in [1.165, 1.54) is 11.5 Å². The smallest absolute Gasteiger partial charge is 0.200 e. The number of nitrogens with zero attached hydrogens (tertiary/aromatic N) is 2. The lowest BCUT2D eigenvalue weighted by Crippen LogP contribution is -2.41. The first-order valence-corrected chi connectivity index (χ1v) is 6.79. The molecule has 0 aromatic carbocycles. The zero-order valence-electron chi connectivity index (χ0n) is 8.76. The summed E-state index contributed by atoms with van der Waals surface area (Å²) in [6.45, 7) is 5.23. The van der Waals surface area contributed by atoms with Gasteiger partial charge in [0.2, 0.25) is 0 Å². The second-order valence-electron chi connectivity index (χ2n) is 3.45. The maximum atomic E-state index is 11.5. The van der Waals surface area contributed by atoms with Crippen LogP contribution in [0.2, 0.25) is 0 Å². The number of nitrogens with one attached hydrogen (secondary N) is 2. The van der Waals surface area contributed by atoms with Crippen LogP contribution in [0, 0.1) is 0 Å². The summed E-state index contributed by atoms with van der Waals surface area (Å²) in [5.74, 6) is 0. The van der Waals surface area contributed by atoms with Crippen molar-refractivity contribution in [2.75, 3.05) is 0 Å². The summed E-state index contributed by atoms with van der Waals surface area (Å²) in [4.78, 5) is 0. The fraction of sp³-hybridized carbons (Fsp3) is 0.714. The Morgan fingerprint density at radius 2 is 2.00 bits per heavy atom. The van der Waals surface area contributed by atoms with E-state index in [2.05, 4.69) is 19.0 Å². The van der Waals surface area contributed by atoms with Crippen molar-refractivity contribution in [1.29, 1.82) is 0 Å². The van der Waals surface area contributed by atoms with Crippen molar-refractivity contribution in [2.24, 2.45) is 0 Å². The fourth-order valence-corrected chi connectivity index (χ4v) is 2.82. The largest absolute Gasteiger partial charge is 0.277 e. The van der Waals surface area contributed by atoms with E-state index in [1.54, 1.807) is 26.2 Å². The van der Waals surface area contributed by atoms with Crippen LogP contribution in [0.1, 0.15) is 32.5 Å². The molecular weight excluding hydrogens is 236 g/mol. The van der Waals surface area contributed by atoms with Crippen LogP contribution in [0.4, 0.5) is 0 Å². The van der Waals surface area contributed by atoms with Crippen molar-refractivity contribution in [3.8, 4) is 0 Å². The van der Waals surface area contributed by atoms with Gasteiger partial charge in [0.1, 0.15) is 0 Å². The lowest BCUT2D eigenvalue weighted by Gasteiger charge is -2.14. The lowest BCUT2D eigenvalue weighted by molar-refractivity contribution is 0.539. The maximum Gasteiger partial charge on any atom is 0.277 e. The molecule has 0 spiro atoms. The van der Waals surface area contributed by atoms with E-state index in [1.807, 2.05) is 0 Å². The van der Waals surface area contributed by atoms with Gasteiger partial charge >= 0.3 is 0 Å². The van der Waals surface area contributed by atoms with Crippen molar-refractivity contribution < 1.29 is 8.42 Å². The van der Waals surface area contributed by atoms with Crippen molar-refractivity contribution in [3.63, 3.8) is 0 Å². The second-order valence-corrected chi connectivity index (χ2v) is 5.53. The highest BCUT2D eigenvalue weighted by Gasteiger charge is 2.17. The van der Waals surface area contributed by atoms with Crippen molar-refractivity contribution >= 4 is 21.7 Å². The molecule has 0 radical (unpaired) electrons. The fourth-order valence-electron chi connectivity index (χ4n) is 0.998. The third-order valence-corrected chi connectivity index (χ3v) is 3.51. The predicted molar refractivity (Wildman–Crippen MR) is 58.7 cm³/mol. The molecule has 0 fully saturated rings. The van der Waals surface area contributed by atoms with Crippen LogP contribution in [0.15, 0.2) is 5.38 Å². The zero-order valence-corrected chi connectivity index (χ0v) is 10.4. The predicted octanol–water partition coefficient (Wildman–Crippen LogP) is 0.431. The molecule has 1 aromatic rings. The lowest BCUT2D eigenvalue weighted by atomic mass is 10.3. The van der Waals surface area contributed by atoms with Crippen LogP contribution < -0.4 is 9.44 Å². The molecule has 0 aliphatic rings. The van der Waals surface area contributed by atoms with Crippen LogP contribution in [-0.2, 0) is 10.2 Å². The third kappa shape index (κ3) is 4.20. The summed E-state index contributed by atoms with van der Waals surface area (Å²) < 4.78 is 31.5. The highest BCUT2D eigenvalue weighted by Crippen LogP contribution is 2.10. The molecule has 1 unspecified atom stereocenters. The highest BCUT2D eigenvalue weighted by molar-refractivity contribution is 7.87. The molecule has 0 aliphatic heterocycles. The Morgan fingerprint density at radius 1 is 1.33 bits per heavy atom. The van der Waals surface area contributed by atoms with E-state index in [9.17, 15) is 8.42 Å². The van der Waals surface area contributed by atoms with E-state index >= 15 is 0 Å². The summed E-state index contributed by atoms with van der Waals surface area (Å²) in [5, 5.41) is 5.50. The second kappa shape index (κ2) is 4.97. The Kier molecular flexibility index (Phi) is 4.14. The summed E-state index contributed by atoms with van der Waals surface area (Å²) in [7, 11) is -3.47. The summed E-state index contributed by atoms with van der Waals surface area (Å²) in [5.41, 5.74) is 0.620. The van der Waals surface area contributed by atoms with E-state index in [0.717, 1.165) is 0 Å². The first kappa shape index (κ1) is 12.5. The van der Waals surface area contributed by atoms with Crippen LogP contribution in [0.5, 0.6) is 0 Å². The molecule has 0 bridgehead atoms. The monoisotopic (exact) mass is 250 g/mol. The van der Waals surface area contributed by atoms with Gasteiger partial charge in [-0.15, -0.1) is 5.10 Å². The number of aromatic nitrogens is 2. The number of rotatable bonds is 5. The van der Waals surface area contributed by atoms with Crippen molar-refractivity contribution in [2.45, 2.75) is 32.9 Å². The zero-order chi connectivity index (χ0) is 11.5. The Bertz CT molecular complexity index is 387. The van der Waals surface area contributed by atoms with Gasteiger partial charge in [0.15, 0.2) is 0 Å². The highest BCUT2D eigenvalue weighted by atomic mass is 32.2. The van der Waals surface area contributed by atoms with Gasteiger partial charge < -0.3 is 0 Å². The number of hydrogen-bond donors (Lipinski definition) is 2. The molecule has 86 valence electrons. The van der Waals surface area contributed by atoms with Gasteiger partial charge in [-0.2, -0.15) is 17.9 Å². The van der Waals surface area contributed by atoms with Crippen LogP contribution >= 0.6 is 11.5 Å². The number of hydrogen-bond acceptors (Lipinski definition) is 5. The molecule has 6 nitrogen and oxygen atoms in total. The van der Waals surface area contributed by atoms with E-state index in [0.29, 0.717) is 5.69 Å². The molecule has 0 aliphatic carbocycles. The molecule has 2 N–H and O–H groups in total. The van der Waals surface area contributed by atoms with Crippen molar-refractivity contribution in [3.05, 3.63) is 11.1 Å². The average Bonchev–Trinajstić information content (AvgIpc) is 2.50. The molecule has 1 atom stereocenters. The first-order chi connectivity index (χ1) is 6.91. The molecule has 0 saturated heterocycles.